The molecule has 0 amide bonds. The number of hydrogen-bond acceptors (Lipinski definition) is 1. The van der Waals surface area contributed by atoms with Crippen LogP contribution in [0.5, 0.6) is 0 Å². The Bertz CT molecular complexity index is 342. The van der Waals surface area contributed by atoms with Crippen LogP contribution in [0.25, 0.3) is 0 Å². The van der Waals surface area contributed by atoms with Crippen LogP contribution in [-0.4, -0.2) is 5.75 Å². The molecule has 0 nitrogen and oxygen atoms in total. The Morgan fingerprint density at radius 2 is 2.08 bits per heavy atom. The van der Waals surface area contributed by atoms with E-state index in [1.54, 1.807) is 0 Å². The van der Waals surface area contributed by atoms with E-state index in [1.807, 2.05) is 0 Å². The lowest BCUT2D eigenvalue weighted by molar-refractivity contribution is 1.30. The Labute approximate surface area is 85.8 Å². The van der Waals surface area contributed by atoms with Gasteiger partial charge in [0.1, 0.15) is 0 Å². The topological polar surface area (TPSA) is 0 Å². The maximum Gasteiger partial charge on any atom is 0.0277 e. The molecule has 1 heteroatoms. The highest BCUT2D eigenvalue weighted by atomic mass is 32.1. The van der Waals surface area contributed by atoms with E-state index in [9.17, 15) is 0 Å². The Morgan fingerprint density at radius 3 is 2.77 bits per heavy atom. The van der Waals surface area contributed by atoms with Gasteiger partial charge >= 0.3 is 0 Å². The van der Waals surface area contributed by atoms with Gasteiger partial charge in [-0.3, -0.25) is 0 Å². The molecule has 68 valence electrons. The summed E-state index contributed by atoms with van der Waals surface area (Å²) in [5.41, 5.74) is 3.65. The maximum atomic E-state index is 4.11. The van der Waals surface area contributed by atoms with Crippen molar-refractivity contribution in [1.82, 2.24) is 0 Å². The van der Waals surface area contributed by atoms with Crippen molar-refractivity contribution in [3.8, 4) is 11.8 Å². The van der Waals surface area contributed by atoms with Gasteiger partial charge in [0, 0.05) is 17.7 Å². The van der Waals surface area contributed by atoms with E-state index >= 15 is 0 Å². The minimum Gasteiger partial charge on any atom is -0.178 e. The predicted molar refractivity (Wildman–Crippen MR) is 61.3 cm³/mol. The van der Waals surface area contributed by atoms with Crippen molar-refractivity contribution in [1.29, 1.82) is 0 Å². The van der Waals surface area contributed by atoms with E-state index in [0.29, 0.717) is 0 Å². The number of aryl methyl sites for hydroxylation is 2. The highest BCUT2D eigenvalue weighted by Gasteiger charge is 1.93. The van der Waals surface area contributed by atoms with E-state index in [1.165, 1.54) is 11.1 Å². The summed E-state index contributed by atoms with van der Waals surface area (Å²) in [6.07, 6.45) is 0.858. The van der Waals surface area contributed by atoms with Gasteiger partial charge in [0.15, 0.2) is 0 Å². The summed E-state index contributed by atoms with van der Waals surface area (Å²) in [6.45, 7) is 4.17. The third-order valence-electron chi connectivity index (χ3n) is 1.85. The first kappa shape index (κ1) is 10.2. The molecule has 0 unspecified atom stereocenters. The zero-order valence-electron chi connectivity index (χ0n) is 8.09. The van der Waals surface area contributed by atoms with Crippen LogP contribution >= 0.6 is 12.6 Å². The number of hydrogen-bond donors (Lipinski definition) is 1. The van der Waals surface area contributed by atoms with Crippen LogP contribution in [0.1, 0.15) is 23.1 Å². The van der Waals surface area contributed by atoms with Gasteiger partial charge in [0.2, 0.25) is 0 Å². The van der Waals surface area contributed by atoms with Crippen LogP contribution in [-0.2, 0) is 0 Å². The number of thiol groups is 1. The molecule has 0 radical (unpaired) electrons. The molecule has 1 aromatic carbocycles. The Balaban J connectivity index is 2.89. The molecule has 0 saturated heterocycles. The number of rotatable bonds is 1. The molecular formula is C12H14S. The van der Waals surface area contributed by atoms with Gasteiger partial charge in [-0.25, -0.2) is 0 Å². The van der Waals surface area contributed by atoms with Crippen LogP contribution in [0.3, 0.4) is 0 Å². The van der Waals surface area contributed by atoms with Gasteiger partial charge in [-0.1, -0.05) is 24.0 Å². The standard InChI is InChI=1S/C12H14S/c1-10-6-7-11(2)12(9-10)5-3-4-8-13/h6-7,9,13H,4,8H2,1-2H3. The third-order valence-corrected chi connectivity index (χ3v) is 2.08. The molecule has 0 bridgehead atoms. The van der Waals surface area contributed by atoms with Crippen LogP contribution in [0.2, 0.25) is 0 Å². The summed E-state index contributed by atoms with van der Waals surface area (Å²) < 4.78 is 0. The first-order valence-corrected chi connectivity index (χ1v) is 5.04. The maximum absolute atomic E-state index is 4.11. The smallest absolute Gasteiger partial charge is 0.0277 e. The highest BCUT2D eigenvalue weighted by Crippen LogP contribution is 2.08. The second kappa shape index (κ2) is 4.99. The molecule has 0 aromatic heterocycles. The van der Waals surface area contributed by atoms with Crippen LogP contribution in [0, 0.1) is 25.7 Å². The quantitative estimate of drug-likeness (QED) is 0.511. The second-order valence-electron chi connectivity index (χ2n) is 3.09. The van der Waals surface area contributed by atoms with Gasteiger partial charge in [0.25, 0.3) is 0 Å². The zero-order chi connectivity index (χ0) is 9.68. The summed E-state index contributed by atoms with van der Waals surface area (Å²) in [6, 6.07) is 6.35. The summed E-state index contributed by atoms with van der Waals surface area (Å²) in [7, 11) is 0. The fourth-order valence-corrected chi connectivity index (χ4v) is 1.20. The molecule has 0 aliphatic heterocycles. The van der Waals surface area contributed by atoms with E-state index in [0.717, 1.165) is 17.7 Å². The molecule has 0 aliphatic rings. The van der Waals surface area contributed by atoms with Crippen molar-refractivity contribution in [2.45, 2.75) is 20.3 Å². The fourth-order valence-electron chi connectivity index (χ4n) is 1.08. The minimum absolute atomic E-state index is 0.831. The lowest BCUT2D eigenvalue weighted by Crippen LogP contribution is -1.83. The second-order valence-corrected chi connectivity index (χ2v) is 3.54. The zero-order valence-corrected chi connectivity index (χ0v) is 8.99. The molecule has 0 atom stereocenters. The molecule has 0 aliphatic carbocycles. The SMILES string of the molecule is Cc1ccc(C)c(C#CCCS)c1. The van der Waals surface area contributed by atoms with Crippen molar-refractivity contribution >= 4 is 12.6 Å². The normalized spacial score (nSPS) is 9.15. The lowest BCUT2D eigenvalue weighted by Gasteiger charge is -1.98. The van der Waals surface area contributed by atoms with Crippen molar-refractivity contribution in [3.05, 3.63) is 34.9 Å². The first-order chi connectivity index (χ1) is 6.24. The predicted octanol–water partition coefficient (Wildman–Crippen LogP) is 2.97. The molecule has 0 saturated carbocycles. The largest absolute Gasteiger partial charge is 0.178 e. The summed E-state index contributed by atoms with van der Waals surface area (Å²) >= 11 is 4.11. The van der Waals surface area contributed by atoms with Gasteiger partial charge in [0.05, 0.1) is 0 Å². The number of benzene rings is 1. The fraction of sp³-hybridized carbons (Fsp3) is 0.333. The van der Waals surface area contributed by atoms with Crippen molar-refractivity contribution in [2.75, 3.05) is 5.75 Å². The van der Waals surface area contributed by atoms with Crippen LogP contribution in [0.4, 0.5) is 0 Å². The van der Waals surface area contributed by atoms with Gasteiger partial charge in [-0.15, -0.1) is 0 Å². The van der Waals surface area contributed by atoms with E-state index in [-0.39, 0.29) is 0 Å². The van der Waals surface area contributed by atoms with Crippen LogP contribution in [0.15, 0.2) is 18.2 Å². The van der Waals surface area contributed by atoms with Crippen LogP contribution < -0.4 is 0 Å². The Morgan fingerprint density at radius 1 is 1.31 bits per heavy atom. The molecule has 13 heavy (non-hydrogen) atoms. The van der Waals surface area contributed by atoms with Gasteiger partial charge in [-0.2, -0.15) is 12.6 Å². The van der Waals surface area contributed by atoms with E-state index in [4.69, 9.17) is 0 Å². The van der Waals surface area contributed by atoms with Gasteiger partial charge in [-0.05, 0) is 31.0 Å². The average molecular weight is 190 g/mol. The lowest BCUT2D eigenvalue weighted by atomic mass is 10.1. The van der Waals surface area contributed by atoms with E-state index in [2.05, 4.69) is 56.5 Å². The molecule has 1 rings (SSSR count). The Kier molecular flexibility index (Phi) is 3.92. The monoisotopic (exact) mass is 190 g/mol. The van der Waals surface area contributed by atoms with Crippen molar-refractivity contribution < 1.29 is 0 Å². The Hall–Kier alpha value is -0.870. The summed E-state index contributed by atoms with van der Waals surface area (Å²) in [5, 5.41) is 0. The summed E-state index contributed by atoms with van der Waals surface area (Å²) in [5.74, 6) is 7.08. The molecular weight excluding hydrogens is 176 g/mol. The first-order valence-electron chi connectivity index (χ1n) is 4.41. The van der Waals surface area contributed by atoms with Gasteiger partial charge < -0.3 is 0 Å². The van der Waals surface area contributed by atoms with Crippen molar-refractivity contribution in [2.24, 2.45) is 0 Å². The summed E-state index contributed by atoms with van der Waals surface area (Å²) in [4.78, 5) is 0. The highest BCUT2D eigenvalue weighted by molar-refractivity contribution is 7.80. The third kappa shape index (κ3) is 3.16. The molecule has 0 fully saturated rings. The minimum atomic E-state index is 0.831. The molecule has 0 heterocycles. The molecule has 1 aromatic rings. The van der Waals surface area contributed by atoms with Crippen molar-refractivity contribution in [3.63, 3.8) is 0 Å². The molecule has 0 spiro atoms. The average Bonchev–Trinajstić information content (AvgIpc) is 2.11. The molecule has 0 N–H and O–H groups in total. The van der Waals surface area contributed by atoms with E-state index < -0.39 is 0 Å².